The third-order valence-electron chi connectivity index (χ3n) is 6.87. The van der Waals surface area contributed by atoms with E-state index in [2.05, 4.69) is 27.8 Å². The van der Waals surface area contributed by atoms with Crippen LogP contribution in [-0.4, -0.2) is 28.2 Å². The van der Waals surface area contributed by atoms with Crippen LogP contribution >= 0.6 is 0 Å². The zero-order valence-electron chi connectivity index (χ0n) is 23.1. The summed E-state index contributed by atoms with van der Waals surface area (Å²) < 4.78 is 20.7. The lowest BCUT2D eigenvalue weighted by molar-refractivity contribution is 0.410. The molecule has 0 aliphatic carbocycles. The largest absolute Gasteiger partial charge is 0.496 e. The van der Waals surface area contributed by atoms with Crippen molar-refractivity contribution in [3.05, 3.63) is 124 Å². The van der Waals surface area contributed by atoms with Gasteiger partial charge in [-0.05, 0) is 54.3 Å². The molecule has 3 aromatic carbocycles. The second kappa shape index (κ2) is 12.9. The van der Waals surface area contributed by atoms with Crippen molar-refractivity contribution in [3.8, 4) is 28.3 Å². The second-order valence-electron chi connectivity index (χ2n) is 9.64. The highest BCUT2D eigenvalue weighted by molar-refractivity contribution is 5.80. The molecule has 0 atom stereocenters. The number of benzene rings is 3. The molecule has 0 fully saturated rings. The van der Waals surface area contributed by atoms with Crippen LogP contribution in [-0.2, 0) is 20.0 Å². The van der Waals surface area contributed by atoms with Gasteiger partial charge in [0.2, 0.25) is 5.95 Å². The summed E-state index contributed by atoms with van der Waals surface area (Å²) in [6.45, 7) is 1.18. The Morgan fingerprint density at radius 2 is 1.68 bits per heavy atom. The maximum absolute atomic E-state index is 13.8. The fraction of sp³-hybridized carbons (Fsp3) is 0.182. The highest BCUT2D eigenvalue weighted by Gasteiger charge is 2.19. The minimum Gasteiger partial charge on any atom is -0.496 e. The van der Waals surface area contributed by atoms with Crippen LogP contribution in [0.15, 0.2) is 102 Å². The molecule has 208 valence electrons. The van der Waals surface area contributed by atoms with E-state index in [1.54, 1.807) is 32.5 Å². The van der Waals surface area contributed by atoms with Crippen molar-refractivity contribution in [2.24, 2.45) is 7.05 Å². The summed E-state index contributed by atoms with van der Waals surface area (Å²) in [5.41, 5.74) is 4.70. The van der Waals surface area contributed by atoms with E-state index in [-0.39, 0.29) is 11.4 Å². The van der Waals surface area contributed by atoms with E-state index in [9.17, 15) is 9.18 Å². The van der Waals surface area contributed by atoms with Gasteiger partial charge in [-0.3, -0.25) is 14.3 Å². The molecule has 7 nitrogen and oxygen atoms in total. The van der Waals surface area contributed by atoms with Crippen LogP contribution in [0.2, 0.25) is 0 Å². The van der Waals surface area contributed by atoms with E-state index in [1.165, 1.54) is 22.3 Å². The second-order valence-corrected chi connectivity index (χ2v) is 9.64. The summed E-state index contributed by atoms with van der Waals surface area (Å²) in [4.78, 5) is 23.2. The predicted molar refractivity (Wildman–Crippen MR) is 162 cm³/mol. The number of rotatable bonds is 11. The van der Waals surface area contributed by atoms with E-state index >= 15 is 0 Å². The molecule has 41 heavy (non-hydrogen) atoms. The summed E-state index contributed by atoms with van der Waals surface area (Å²) in [5.74, 6) is 0.861. The van der Waals surface area contributed by atoms with Crippen molar-refractivity contribution < 1.29 is 9.13 Å². The first-order valence-electron chi connectivity index (χ1n) is 13.5. The van der Waals surface area contributed by atoms with E-state index in [0.717, 1.165) is 29.8 Å². The molecule has 2 aromatic heterocycles. The van der Waals surface area contributed by atoms with Gasteiger partial charge in [-0.25, -0.2) is 9.37 Å². The molecule has 0 radical (unpaired) electrons. The number of para-hydroxylation sites is 1. The smallest absolute Gasteiger partial charge is 0.263 e. The van der Waals surface area contributed by atoms with Crippen LogP contribution in [0.1, 0.15) is 17.5 Å². The van der Waals surface area contributed by atoms with Crippen LogP contribution in [0.3, 0.4) is 0 Å². The fourth-order valence-electron chi connectivity index (χ4n) is 4.68. The van der Waals surface area contributed by atoms with Gasteiger partial charge in [-0.15, -0.1) is 0 Å². The maximum atomic E-state index is 13.8. The number of methoxy groups -OCH3 is 1. The summed E-state index contributed by atoms with van der Waals surface area (Å²) in [6.07, 6.45) is 3.46. The number of anilines is 2. The van der Waals surface area contributed by atoms with Crippen molar-refractivity contribution >= 4 is 11.6 Å². The first-order valence-corrected chi connectivity index (χ1v) is 13.5. The van der Waals surface area contributed by atoms with Gasteiger partial charge in [0.25, 0.3) is 5.56 Å². The molecular weight excluding hydrogens is 517 g/mol. The number of ether oxygens (including phenoxy) is 1. The SMILES string of the molecule is COc1ccccc1CNc1ccnc(-c2nc(NCCCc3ccccc3)n(C)c(=O)c2-c2ccc(F)cc2)c1. The topological polar surface area (TPSA) is 81.1 Å². The van der Waals surface area contributed by atoms with Gasteiger partial charge >= 0.3 is 0 Å². The van der Waals surface area contributed by atoms with Crippen LogP contribution in [0, 0.1) is 5.82 Å². The number of aromatic nitrogens is 3. The molecule has 2 N–H and O–H groups in total. The van der Waals surface area contributed by atoms with E-state index in [1.807, 2.05) is 54.6 Å². The van der Waals surface area contributed by atoms with Crippen LogP contribution < -0.4 is 20.9 Å². The Morgan fingerprint density at radius 3 is 2.46 bits per heavy atom. The third kappa shape index (κ3) is 6.61. The fourth-order valence-corrected chi connectivity index (χ4v) is 4.68. The molecule has 0 aliphatic heterocycles. The van der Waals surface area contributed by atoms with Gasteiger partial charge in [0, 0.05) is 37.6 Å². The molecule has 0 saturated heterocycles. The lowest BCUT2D eigenvalue weighted by Crippen LogP contribution is -2.25. The summed E-state index contributed by atoms with van der Waals surface area (Å²) in [6, 6.07) is 27.7. The molecule has 0 spiro atoms. The van der Waals surface area contributed by atoms with Crippen molar-refractivity contribution in [1.29, 1.82) is 0 Å². The van der Waals surface area contributed by atoms with Crippen molar-refractivity contribution in [2.75, 3.05) is 24.3 Å². The molecular formula is C33H32FN5O2. The average Bonchev–Trinajstić information content (AvgIpc) is 3.01. The van der Waals surface area contributed by atoms with E-state index < -0.39 is 0 Å². The first-order chi connectivity index (χ1) is 20.0. The molecule has 8 heteroatoms. The Labute approximate surface area is 238 Å². The maximum Gasteiger partial charge on any atom is 0.263 e. The number of halogens is 1. The first kappa shape index (κ1) is 27.6. The zero-order chi connectivity index (χ0) is 28.6. The monoisotopic (exact) mass is 549 g/mol. The van der Waals surface area contributed by atoms with Gasteiger partial charge in [-0.2, -0.15) is 0 Å². The average molecular weight is 550 g/mol. The summed E-state index contributed by atoms with van der Waals surface area (Å²) in [7, 11) is 3.33. The Kier molecular flexibility index (Phi) is 8.69. The molecule has 5 aromatic rings. The lowest BCUT2D eigenvalue weighted by atomic mass is 10.0. The molecule has 0 bridgehead atoms. The lowest BCUT2D eigenvalue weighted by Gasteiger charge is -2.16. The highest BCUT2D eigenvalue weighted by Crippen LogP contribution is 2.30. The van der Waals surface area contributed by atoms with Gasteiger partial charge < -0.3 is 15.4 Å². The molecule has 0 amide bonds. The number of hydrogen-bond acceptors (Lipinski definition) is 6. The summed E-state index contributed by atoms with van der Waals surface area (Å²) in [5, 5.41) is 6.74. The van der Waals surface area contributed by atoms with E-state index in [0.29, 0.717) is 41.6 Å². The van der Waals surface area contributed by atoms with Gasteiger partial charge in [0.15, 0.2) is 0 Å². The number of nitrogens with zero attached hydrogens (tertiary/aromatic N) is 3. The van der Waals surface area contributed by atoms with E-state index in [4.69, 9.17) is 9.72 Å². The Bertz CT molecular complexity index is 1670. The number of hydrogen-bond donors (Lipinski definition) is 2. The summed E-state index contributed by atoms with van der Waals surface area (Å²) >= 11 is 0. The van der Waals surface area contributed by atoms with Crippen LogP contribution in [0.5, 0.6) is 5.75 Å². The third-order valence-corrected chi connectivity index (χ3v) is 6.87. The van der Waals surface area contributed by atoms with Crippen molar-refractivity contribution in [1.82, 2.24) is 14.5 Å². The van der Waals surface area contributed by atoms with Gasteiger partial charge in [-0.1, -0.05) is 60.7 Å². The number of nitrogens with one attached hydrogen (secondary N) is 2. The van der Waals surface area contributed by atoms with Crippen molar-refractivity contribution in [3.63, 3.8) is 0 Å². The molecule has 0 aliphatic rings. The molecule has 0 saturated carbocycles. The number of aryl methyl sites for hydroxylation is 1. The molecule has 0 unspecified atom stereocenters. The number of pyridine rings is 1. The minimum atomic E-state index is -0.377. The minimum absolute atomic E-state index is 0.249. The molecule has 5 rings (SSSR count). The van der Waals surface area contributed by atoms with Gasteiger partial charge in [0.05, 0.1) is 18.4 Å². The standard InChI is InChI=1S/C33H32FN5O2/c1-39-32(40)30(24-14-16-26(34)17-15-24)31(38-33(39)36-19-8-11-23-9-4-3-5-10-23)28-21-27(18-20-35-28)37-22-25-12-6-7-13-29(25)41-2/h3-7,9-10,12-18,20-21H,8,11,19,22H2,1-2H3,(H,35,37)(H,36,38). The Morgan fingerprint density at radius 1 is 0.927 bits per heavy atom. The Balaban J connectivity index is 1.46. The van der Waals surface area contributed by atoms with Crippen LogP contribution in [0.25, 0.3) is 22.5 Å². The predicted octanol–water partition coefficient (Wildman–Crippen LogP) is 6.31. The van der Waals surface area contributed by atoms with Gasteiger partial charge in [0.1, 0.15) is 17.3 Å². The molecule has 2 heterocycles. The normalized spacial score (nSPS) is 10.8. The zero-order valence-corrected chi connectivity index (χ0v) is 23.1. The van der Waals surface area contributed by atoms with Crippen molar-refractivity contribution in [2.45, 2.75) is 19.4 Å². The van der Waals surface area contributed by atoms with Crippen LogP contribution in [0.4, 0.5) is 16.0 Å². The Hall–Kier alpha value is -4.98. The highest BCUT2D eigenvalue weighted by atomic mass is 19.1. The quantitative estimate of drug-likeness (QED) is 0.188.